The average Bonchev–Trinajstić information content (AvgIpc) is 3.27. The number of piperidine rings is 1. The van der Waals surface area contributed by atoms with E-state index in [1.807, 2.05) is 25.2 Å². The molecule has 2 aromatic rings. The van der Waals surface area contributed by atoms with Gasteiger partial charge in [0.1, 0.15) is 17.0 Å². The molecule has 3 heterocycles. The van der Waals surface area contributed by atoms with Gasteiger partial charge >= 0.3 is 0 Å². The van der Waals surface area contributed by atoms with Gasteiger partial charge in [0.05, 0.1) is 0 Å². The van der Waals surface area contributed by atoms with Gasteiger partial charge in [-0.25, -0.2) is 4.98 Å². The van der Waals surface area contributed by atoms with Gasteiger partial charge in [-0.2, -0.15) is 0 Å². The molecule has 5 aliphatic rings. The number of aromatic nitrogens is 2. The zero-order valence-corrected chi connectivity index (χ0v) is 21.2. The van der Waals surface area contributed by atoms with Gasteiger partial charge in [0.15, 0.2) is 0 Å². The van der Waals surface area contributed by atoms with E-state index in [1.165, 1.54) is 51.4 Å². The number of rotatable bonds is 6. The van der Waals surface area contributed by atoms with Gasteiger partial charge in [0, 0.05) is 32.4 Å². The van der Waals surface area contributed by atoms with Crippen LogP contribution in [0.1, 0.15) is 78.8 Å². The summed E-state index contributed by atoms with van der Waals surface area (Å²) in [7, 11) is 4.00. The molecule has 35 heavy (non-hydrogen) atoms. The number of hydrogen-bond donors (Lipinski definition) is 1. The van der Waals surface area contributed by atoms with E-state index in [0.717, 1.165) is 37.3 Å². The van der Waals surface area contributed by atoms with Gasteiger partial charge in [0.2, 0.25) is 0 Å². The molecule has 1 unspecified atom stereocenters. The highest BCUT2D eigenvalue weighted by Gasteiger charge is 2.50. The Morgan fingerprint density at radius 2 is 1.83 bits per heavy atom. The van der Waals surface area contributed by atoms with Crippen molar-refractivity contribution in [1.82, 2.24) is 24.5 Å². The van der Waals surface area contributed by atoms with E-state index in [1.54, 1.807) is 15.5 Å². The second kappa shape index (κ2) is 8.91. The zero-order valence-electron chi connectivity index (χ0n) is 21.2. The molecule has 7 nitrogen and oxygen atoms in total. The molecule has 2 aromatic heterocycles. The maximum atomic E-state index is 13.3. The van der Waals surface area contributed by atoms with E-state index >= 15 is 0 Å². The first-order valence-electron chi connectivity index (χ1n) is 13.6. The lowest BCUT2D eigenvalue weighted by Crippen LogP contribution is -2.51. The fourth-order valence-electron chi connectivity index (χ4n) is 8.13. The lowest BCUT2D eigenvalue weighted by molar-refractivity contribution is -0.0503. The Kier molecular flexibility index (Phi) is 5.86. The van der Waals surface area contributed by atoms with Crippen LogP contribution in [0, 0.1) is 23.2 Å². The minimum Gasteiger partial charge on any atom is -0.350 e. The monoisotopic (exact) mass is 477 g/mol. The third-order valence-corrected chi connectivity index (χ3v) is 9.49. The van der Waals surface area contributed by atoms with Crippen molar-refractivity contribution in [3.63, 3.8) is 0 Å². The van der Waals surface area contributed by atoms with Crippen LogP contribution in [-0.2, 0) is 0 Å². The molecule has 0 aromatic carbocycles. The number of nitrogens with zero attached hydrogens (tertiary/aromatic N) is 4. The number of nitrogens with one attached hydrogen (secondary N) is 1. The molecule has 7 heteroatoms. The van der Waals surface area contributed by atoms with Gasteiger partial charge < -0.3 is 15.1 Å². The summed E-state index contributed by atoms with van der Waals surface area (Å²) in [5.74, 6) is 2.45. The number of carbonyl (C=O) groups excluding carboxylic acids is 2. The first-order chi connectivity index (χ1) is 16.9. The lowest BCUT2D eigenvalue weighted by Gasteiger charge is -2.56. The SMILES string of the molecule is CN(CC1CCCCN1C)C(=O)c1cn2c(C(=O)NCC34CC5CC(CC(C5)C3)C4)cccc2n1. The molecule has 7 rings (SSSR count). The summed E-state index contributed by atoms with van der Waals surface area (Å²) in [6, 6.07) is 5.94. The van der Waals surface area contributed by atoms with Crippen LogP contribution in [0.25, 0.3) is 5.65 Å². The molecule has 0 radical (unpaired) electrons. The molecule has 2 amide bonds. The van der Waals surface area contributed by atoms with Crippen molar-refractivity contribution in [1.29, 1.82) is 0 Å². The second-order valence-electron chi connectivity index (χ2n) is 12.2. The second-order valence-corrected chi connectivity index (χ2v) is 12.2. The molecule has 1 N–H and O–H groups in total. The molecule has 1 atom stereocenters. The summed E-state index contributed by atoms with van der Waals surface area (Å²) in [5, 5.41) is 3.28. The van der Waals surface area contributed by atoms with E-state index in [9.17, 15) is 9.59 Å². The topological polar surface area (TPSA) is 70.0 Å². The van der Waals surface area contributed by atoms with E-state index in [4.69, 9.17) is 0 Å². The summed E-state index contributed by atoms with van der Waals surface area (Å²) in [6.45, 7) is 2.55. The van der Waals surface area contributed by atoms with Crippen LogP contribution in [-0.4, -0.2) is 70.8 Å². The van der Waals surface area contributed by atoms with Gasteiger partial charge in [-0.1, -0.05) is 12.5 Å². The van der Waals surface area contributed by atoms with Crippen molar-refractivity contribution in [3.05, 3.63) is 35.8 Å². The predicted molar refractivity (Wildman–Crippen MR) is 135 cm³/mol. The number of likely N-dealkylation sites (N-methyl/N-ethyl adjacent to an activating group) is 2. The Hall–Kier alpha value is -2.41. The van der Waals surface area contributed by atoms with Crippen LogP contribution in [0.5, 0.6) is 0 Å². The molecular formula is C28H39N5O2. The molecule has 4 bridgehead atoms. The number of hydrogen-bond acceptors (Lipinski definition) is 4. The van der Waals surface area contributed by atoms with Crippen molar-refractivity contribution in [2.24, 2.45) is 23.2 Å². The minimum atomic E-state index is -0.0902. The highest BCUT2D eigenvalue weighted by atomic mass is 16.2. The molecule has 4 aliphatic carbocycles. The van der Waals surface area contributed by atoms with Crippen LogP contribution < -0.4 is 5.32 Å². The Morgan fingerprint density at radius 3 is 2.51 bits per heavy atom. The van der Waals surface area contributed by atoms with Crippen molar-refractivity contribution >= 4 is 17.5 Å². The Labute approximate surface area is 208 Å². The molecule has 1 saturated heterocycles. The summed E-state index contributed by atoms with van der Waals surface area (Å²) >= 11 is 0. The average molecular weight is 478 g/mol. The van der Waals surface area contributed by atoms with Crippen molar-refractivity contribution in [2.45, 2.75) is 63.8 Å². The van der Waals surface area contributed by atoms with Gasteiger partial charge in [0.25, 0.3) is 11.8 Å². The van der Waals surface area contributed by atoms with Gasteiger partial charge in [-0.15, -0.1) is 0 Å². The summed E-state index contributed by atoms with van der Waals surface area (Å²) < 4.78 is 1.78. The maximum Gasteiger partial charge on any atom is 0.273 e. The van der Waals surface area contributed by atoms with E-state index in [-0.39, 0.29) is 11.8 Å². The summed E-state index contributed by atoms with van der Waals surface area (Å²) in [5.41, 5.74) is 1.88. The third-order valence-electron chi connectivity index (χ3n) is 9.49. The van der Waals surface area contributed by atoms with Crippen LogP contribution >= 0.6 is 0 Å². The van der Waals surface area contributed by atoms with E-state index < -0.39 is 0 Å². The van der Waals surface area contributed by atoms with Crippen molar-refractivity contribution < 1.29 is 9.59 Å². The summed E-state index contributed by atoms with van der Waals surface area (Å²) in [6.07, 6.45) is 13.3. The Balaban J connectivity index is 1.15. The lowest BCUT2D eigenvalue weighted by atomic mass is 9.49. The van der Waals surface area contributed by atoms with Crippen LogP contribution in [0.2, 0.25) is 0 Å². The van der Waals surface area contributed by atoms with Crippen LogP contribution in [0.15, 0.2) is 24.4 Å². The molecule has 1 aliphatic heterocycles. The zero-order chi connectivity index (χ0) is 24.2. The normalized spacial score (nSPS) is 32.2. The molecule has 0 spiro atoms. The fraction of sp³-hybridized carbons (Fsp3) is 0.679. The standard InChI is InChI=1S/C28H39N5O2/c1-31-9-4-3-6-22(31)16-32(2)27(35)23-17-33-24(7-5-8-25(33)30-23)26(34)29-18-28-13-19-10-20(14-28)12-21(11-19)15-28/h5,7-8,17,19-22H,3-4,6,9-16,18H2,1-2H3,(H,29,34). The number of likely N-dealkylation sites (tertiary alicyclic amines) is 1. The predicted octanol–water partition coefficient (Wildman–Crippen LogP) is 3.84. The highest BCUT2D eigenvalue weighted by molar-refractivity contribution is 5.95. The number of carbonyl (C=O) groups is 2. The number of imidazole rings is 1. The molecule has 4 saturated carbocycles. The Morgan fingerprint density at radius 1 is 1.11 bits per heavy atom. The Bertz CT molecular complexity index is 1090. The molecule has 188 valence electrons. The van der Waals surface area contributed by atoms with Crippen molar-refractivity contribution in [3.8, 4) is 0 Å². The minimum absolute atomic E-state index is 0.0695. The smallest absolute Gasteiger partial charge is 0.273 e. The van der Waals surface area contributed by atoms with Crippen molar-refractivity contribution in [2.75, 3.05) is 33.7 Å². The maximum absolute atomic E-state index is 13.3. The third kappa shape index (κ3) is 4.37. The van der Waals surface area contributed by atoms with Crippen LogP contribution in [0.3, 0.4) is 0 Å². The number of pyridine rings is 1. The summed E-state index contributed by atoms with van der Waals surface area (Å²) in [4.78, 5) is 35.2. The number of fused-ring (bicyclic) bond motifs is 1. The molecule has 5 fully saturated rings. The highest BCUT2D eigenvalue weighted by Crippen LogP contribution is 2.59. The van der Waals surface area contributed by atoms with Gasteiger partial charge in [-0.3, -0.25) is 14.0 Å². The first kappa shape index (κ1) is 23.0. The van der Waals surface area contributed by atoms with Crippen LogP contribution in [0.4, 0.5) is 0 Å². The largest absolute Gasteiger partial charge is 0.350 e. The molecular weight excluding hydrogens is 438 g/mol. The van der Waals surface area contributed by atoms with E-state index in [0.29, 0.717) is 35.0 Å². The fourth-order valence-corrected chi connectivity index (χ4v) is 8.13. The first-order valence-corrected chi connectivity index (χ1v) is 13.6. The van der Waals surface area contributed by atoms with Gasteiger partial charge in [-0.05, 0) is 100 Å². The quantitative estimate of drug-likeness (QED) is 0.686. The van der Waals surface area contributed by atoms with E-state index in [2.05, 4.69) is 22.2 Å². The number of amides is 2.